The predicted octanol–water partition coefficient (Wildman–Crippen LogP) is 2.66. The summed E-state index contributed by atoms with van der Waals surface area (Å²) in [4.78, 5) is 23.2. The van der Waals surface area contributed by atoms with Crippen LogP contribution >= 0.6 is 11.6 Å². The van der Waals surface area contributed by atoms with E-state index in [1.807, 2.05) is 35.5 Å². The van der Waals surface area contributed by atoms with Crippen molar-refractivity contribution in [2.75, 3.05) is 13.1 Å². The highest BCUT2D eigenvalue weighted by Crippen LogP contribution is 2.25. The highest BCUT2D eigenvalue weighted by atomic mass is 35.5. The zero-order valence-electron chi connectivity index (χ0n) is 12.5. The van der Waals surface area contributed by atoms with Gasteiger partial charge in [-0.15, -0.1) is 0 Å². The zero-order valence-corrected chi connectivity index (χ0v) is 13.2. The monoisotopic (exact) mass is 329 g/mol. The molecule has 0 unspecified atom stereocenters. The number of piperidine rings is 1. The van der Waals surface area contributed by atoms with Crippen LogP contribution in [0.1, 0.15) is 29.4 Å². The molecule has 1 aliphatic heterocycles. The molecule has 0 saturated carbocycles. The van der Waals surface area contributed by atoms with Crippen LogP contribution in [0.15, 0.2) is 43.1 Å². The topological polar surface area (TPSA) is 55.4 Å². The number of pyridine rings is 1. The Morgan fingerprint density at radius 2 is 2.22 bits per heavy atom. The summed E-state index contributed by atoms with van der Waals surface area (Å²) >= 11 is 6.22. The van der Waals surface area contributed by atoms with Crippen molar-refractivity contribution in [3.63, 3.8) is 0 Å². The highest BCUT2D eigenvalue weighted by molar-refractivity contribution is 6.32. The molecule has 6 nitrogen and oxygen atoms in total. The first-order valence-electron chi connectivity index (χ1n) is 7.63. The maximum atomic E-state index is 13.0. The van der Waals surface area contributed by atoms with Crippen molar-refractivity contribution in [3.05, 3.63) is 54.0 Å². The fraction of sp³-hybridized carbons (Fsp3) is 0.312. The molecule has 3 aromatic rings. The SMILES string of the molecule is O=C(c1c(Cl)nc2ccccn12)N1CCC[C@@H](n2ccnc2)C1. The third-order valence-electron chi connectivity index (χ3n) is 4.32. The second-order valence-corrected chi connectivity index (χ2v) is 6.10. The minimum atomic E-state index is -0.0708. The van der Waals surface area contributed by atoms with Gasteiger partial charge in [0.1, 0.15) is 5.65 Å². The van der Waals surface area contributed by atoms with E-state index in [4.69, 9.17) is 11.6 Å². The number of nitrogens with zero attached hydrogens (tertiary/aromatic N) is 5. The number of carbonyl (C=O) groups excluding carboxylic acids is 1. The number of hydrogen-bond acceptors (Lipinski definition) is 3. The fourth-order valence-corrected chi connectivity index (χ4v) is 3.43. The molecule has 1 fully saturated rings. The van der Waals surface area contributed by atoms with E-state index in [1.165, 1.54) is 0 Å². The first-order chi connectivity index (χ1) is 11.2. The molecule has 0 spiro atoms. The van der Waals surface area contributed by atoms with Crippen LogP contribution in [-0.2, 0) is 0 Å². The Balaban J connectivity index is 1.64. The van der Waals surface area contributed by atoms with Crippen molar-refractivity contribution in [2.45, 2.75) is 18.9 Å². The summed E-state index contributed by atoms with van der Waals surface area (Å²) < 4.78 is 3.82. The third kappa shape index (κ3) is 2.49. The molecule has 1 saturated heterocycles. The van der Waals surface area contributed by atoms with E-state index >= 15 is 0 Å². The van der Waals surface area contributed by atoms with Crippen LogP contribution in [0, 0.1) is 0 Å². The Kier molecular flexibility index (Phi) is 3.53. The predicted molar refractivity (Wildman–Crippen MR) is 86.6 cm³/mol. The molecule has 0 radical (unpaired) electrons. The summed E-state index contributed by atoms with van der Waals surface area (Å²) in [7, 11) is 0. The largest absolute Gasteiger partial charge is 0.335 e. The van der Waals surface area contributed by atoms with E-state index in [0.717, 1.165) is 19.4 Å². The Labute approximate surface area is 138 Å². The highest BCUT2D eigenvalue weighted by Gasteiger charge is 2.28. The maximum Gasteiger partial charge on any atom is 0.274 e. The molecule has 0 bridgehead atoms. The number of imidazole rings is 2. The van der Waals surface area contributed by atoms with Crippen LogP contribution < -0.4 is 0 Å². The van der Waals surface area contributed by atoms with Crippen molar-refractivity contribution < 1.29 is 4.79 Å². The van der Waals surface area contributed by atoms with Gasteiger partial charge < -0.3 is 9.47 Å². The summed E-state index contributed by atoms with van der Waals surface area (Å²) in [6.07, 6.45) is 9.34. The van der Waals surface area contributed by atoms with E-state index in [-0.39, 0.29) is 17.1 Å². The quantitative estimate of drug-likeness (QED) is 0.726. The van der Waals surface area contributed by atoms with Crippen molar-refractivity contribution >= 4 is 23.2 Å². The fourth-order valence-electron chi connectivity index (χ4n) is 3.18. The van der Waals surface area contributed by atoms with Crippen molar-refractivity contribution in [2.24, 2.45) is 0 Å². The van der Waals surface area contributed by atoms with Crippen molar-refractivity contribution in [1.82, 2.24) is 23.8 Å². The van der Waals surface area contributed by atoms with Gasteiger partial charge in [0, 0.05) is 31.7 Å². The van der Waals surface area contributed by atoms with Crippen LogP contribution in [0.3, 0.4) is 0 Å². The van der Waals surface area contributed by atoms with Gasteiger partial charge in [-0.05, 0) is 25.0 Å². The zero-order chi connectivity index (χ0) is 15.8. The van der Waals surface area contributed by atoms with Gasteiger partial charge in [-0.2, -0.15) is 0 Å². The first-order valence-corrected chi connectivity index (χ1v) is 8.01. The lowest BCUT2D eigenvalue weighted by Crippen LogP contribution is -2.41. The Morgan fingerprint density at radius 3 is 3.04 bits per heavy atom. The van der Waals surface area contributed by atoms with Gasteiger partial charge in [0.15, 0.2) is 10.8 Å². The molecule has 1 aliphatic rings. The molecule has 3 aromatic heterocycles. The van der Waals surface area contributed by atoms with Gasteiger partial charge in [0.05, 0.1) is 12.4 Å². The summed E-state index contributed by atoms with van der Waals surface area (Å²) in [5.74, 6) is -0.0708. The molecule has 7 heteroatoms. The summed E-state index contributed by atoms with van der Waals surface area (Å²) in [5.41, 5.74) is 1.12. The van der Waals surface area contributed by atoms with Gasteiger partial charge in [0.2, 0.25) is 0 Å². The second-order valence-electron chi connectivity index (χ2n) is 5.74. The van der Waals surface area contributed by atoms with Gasteiger partial charge in [0.25, 0.3) is 5.91 Å². The second kappa shape index (κ2) is 5.70. The number of rotatable bonds is 2. The van der Waals surface area contributed by atoms with E-state index in [0.29, 0.717) is 17.9 Å². The van der Waals surface area contributed by atoms with Gasteiger partial charge in [-0.25, -0.2) is 9.97 Å². The minimum Gasteiger partial charge on any atom is -0.335 e. The molecular weight excluding hydrogens is 314 g/mol. The lowest BCUT2D eigenvalue weighted by Gasteiger charge is -2.33. The summed E-state index contributed by atoms with van der Waals surface area (Å²) in [6.45, 7) is 1.39. The van der Waals surface area contributed by atoms with Crippen LogP contribution in [0.4, 0.5) is 0 Å². The standard InChI is InChI=1S/C16H16ClN5O/c17-15-14(22-8-2-1-5-13(22)19-15)16(23)20-7-3-4-12(10-20)21-9-6-18-11-21/h1-2,5-6,8-9,11-12H,3-4,7,10H2/t12-/m1/s1. The Morgan fingerprint density at radius 1 is 1.30 bits per heavy atom. The molecule has 0 aliphatic carbocycles. The molecule has 118 valence electrons. The Hall–Kier alpha value is -2.34. The van der Waals surface area contributed by atoms with Gasteiger partial charge in [-0.1, -0.05) is 17.7 Å². The third-order valence-corrected chi connectivity index (χ3v) is 4.58. The molecule has 1 amide bonds. The van der Waals surface area contributed by atoms with Crippen molar-refractivity contribution in [1.29, 1.82) is 0 Å². The number of hydrogen-bond donors (Lipinski definition) is 0. The average molecular weight is 330 g/mol. The van der Waals surface area contributed by atoms with Crippen LogP contribution in [-0.4, -0.2) is 42.8 Å². The minimum absolute atomic E-state index is 0.0708. The van der Waals surface area contributed by atoms with Gasteiger partial charge >= 0.3 is 0 Å². The molecule has 4 rings (SSSR count). The number of likely N-dealkylation sites (tertiary alicyclic amines) is 1. The number of carbonyl (C=O) groups is 1. The molecular formula is C16H16ClN5O. The number of fused-ring (bicyclic) bond motifs is 1. The number of halogens is 1. The number of amides is 1. The first kappa shape index (κ1) is 14.3. The molecule has 0 aromatic carbocycles. The van der Waals surface area contributed by atoms with E-state index in [9.17, 15) is 4.79 Å². The smallest absolute Gasteiger partial charge is 0.274 e. The van der Waals surface area contributed by atoms with Crippen LogP contribution in [0.5, 0.6) is 0 Å². The van der Waals surface area contributed by atoms with Crippen molar-refractivity contribution in [3.8, 4) is 0 Å². The van der Waals surface area contributed by atoms with Crippen LogP contribution in [0.2, 0.25) is 5.15 Å². The molecule has 1 atom stereocenters. The molecule has 23 heavy (non-hydrogen) atoms. The normalized spacial score (nSPS) is 18.5. The van der Waals surface area contributed by atoms with Crippen LogP contribution in [0.25, 0.3) is 5.65 Å². The average Bonchev–Trinajstić information content (AvgIpc) is 3.21. The lowest BCUT2D eigenvalue weighted by molar-refractivity contribution is 0.0672. The molecule has 0 N–H and O–H groups in total. The summed E-state index contributed by atoms with van der Waals surface area (Å²) in [5, 5.41) is 0.256. The van der Waals surface area contributed by atoms with Gasteiger partial charge in [-0.3, -0.25) is 9.20 Å². The van der Waals surface area contributed by atoms with E-state index < -0.39 is 0 Å². The van der Waals surface area contributed by atoms with E-state index in [2.05, 4.69) is 14.5 Å². The lowest BCUT2D eigenvalue weighted by atomic mass is 10.1. The number of aromatic nitrogens is 4. The summed E-state index contributed by atoms with van der Waals surface area (Å²) in [6, 6.07) is 5.84. The van der Waals surface area contributed by atoms with E-state index in [1.54, 1.807) is 16.9 Å². The maximum absolute atomic E-state index is 13.0. The Bertz CT molecular complexity index is 841. The molecule has 4 heterocycles.